The fraction of sp³-hybridized carbons (Fsp3) is 0.538. The molecule has 0 unspecified atom stereocenters. The molecule has 6 nitrogen and oxygen atoms in total. The Hall–Kier alpha value is -1.50. The zero-order chi connectivity index (χ0) is 13.7. The highest BCUT2D eigenvalue weighted by Gasteiger charge is 2.16. The minimum absolute atomic E-state index is 0.136. The monoisotopic (exact) mass is 265 g/mol. The van der Waals surface area contributed by atoms with Gasteiger partial charge in [0.1, 0.15) is 0 Å². The molecule has 104 valence electrons. The maximum atomic E-state index is 10.6. The smallest absolute Gasteiger partial charge is 0.269 e. The summed E-state index contributed by atoms with van der Waals surface area (Å²) in [6.45, 7) is 5.65. The zero-order valence-corrected chi connectivity index (χ0v) is 10.9. The summed E-state index contributed by atoms with van der Waals surface area (Å²) in [5.74, 6) is 0. The van der Waals surface area contributed by atoms with Gasteiger partial charge in [-0.25, -0.2) is 0 Å². The highest BCUT2D eigenvalue weighted by Crippen LogP contribution is 2.14. The quantitative estimate of drug-likeness (QED) is 0.627. The molecule has 1 aliphatic rings. The number of non-ortho nitro benzene ring substituents is 1. The molecule has 1 aromatic carbocycles. The summed E-state index contributed by atoms with van der Waals surface area (Å²) in [6.07, 6.45) is 0. The van der Waals surface area contributed by atoms with Crippen molar-refractivity contribution in [2.24, 2.45) is 0 Å². The number of β-amino-alcohol motifs (C(OH)–C–C–N with tert-alkyl or cyclic N) is 1. The second kappa shape index (κ2) is 6.60. The fourth-order valence-corrected chi connectivity index (χ4v) is 2.29. The van der Waals surface area contributed by atoms with E-state index >= 15 is 0 Å². The van der Waals surface area contributed by atoms with Crippen LogP contribution in [0.1, 0.15) is 5.56 Å². The molecule has 1 heterocycles. The number of aliphatic hydroxyl groups excluding tert-OH is 1. The van der Waals surface area contributed by atoms with Crippen LogP contribution in [0.25, 0.3) is 0 Å². The minimum atomic E-state index is -0.378. The van der Waals surface area contributed by atoms with Gasteiger partial charge in [0.05, 0.1) is 11.5 Å². The van der Waals surface area contributed by atoms with Crippen molar-refractivity contribution in [1.82, 2.24) is 9.80 Å². The Morgan fingerprint density at radius 1 is 1.11 bits per heavy atom. The van der Waals surface area contributed by atoms with E-state index in [0.29, 0.717) is 0 Å². The molecule has 0 spiro atoms. The molecule has 2 rings (SSSR count). The molecule has 6 heteroatoms. The molecule has 0 radical (unpaired) electrons. The van der Waals surface area contributed by atoms with Crippen molar-refractivity contribution in [2.75, 3.05) is 39.3 Å². The summed E-state index contributed by atoms with van der Waals surface area (Å²) in [5.41, 5.74) is 1.23. The van der Waals surface area contributed by atoms with Crippen LogP contribution in [-0.2, 0) is 6.54 Å². The van der Waals surface area contributed by atoms with Gasteiger partial charge in [-0.1, -0.05) is 12.1 Å². The van der Waals surface area contributed by atoms with Gasteiger partial charge in [0, 0.05) is 51.4 Å². The Bertz CT molecular complexity index is 414. The molecular formula is C13H19N3O3. The lowest BCUT2D eigenvalue weighted by atomic mass is 10.2. The summed E-state index contributed by atoms with van der Waals surface area (Å²) in [6, 6.07) is 6.74. The molecule has 0 aliphatic carbocycles. The van der Waals surface area contributed by atoms with Crippen LogP contribution in [0.15, 0.2) is 24.3 Å². The van der Waals surface area contributed by atoms with E-state index < -0.39 is 0 Å². The first-order valence-corrected chi connectivity index (χ1v) is 6.48. The second-order valence-corrected chi connectivity index (χ2v) is 4.76. The zero-order valence-electron chi connectivity index (χ0n) is 10.9. The number of nitro groups is 1. The molecule has 0 amide bonds. The molecule has 0 atom stereocenters. The van der Waals surface area contributed by atoms with Crippen LogP contribution in [0, 0.1) is 10.1 Å². The molecule has 1 N–H and O–H groups in total. The first-order valence-electron chi connectivity index (χ1n) is 6.48. The Morgan fingerprint density at radius 3 is 2.21 bits per heavy atom. The van der Waals surface area contributed by atoms with Crippen molar-refractivity contribution < 1.29 is 10.0 Å². The molecule has 0 aromatic heterocycles. The molecule has 19 heavy (non-hydrogen) atoms. The molecular weight excluding hydrogens is 246 g/mol. The van der Waals surface area contributed by atoms with Gasteiger partial charge in [-0.05, 0) is 5.56 Å². The summed E-state index contributed by atoms with van der Waals surface area (Å²) >= 11 is 0. The Balaban J connectivity index is 1.83. The topological polar surface area (TPSA) is 69.9 Å². The number of nitro benzene ring substituents is 1. The number of hydrogen-bond acceptors (Lipinski definition) is 5. The second-order valence-electron chi connectivity index (χ2n) is 4.76. The summed E-state index contributed by atoms with van der Waals surface area (Å²) in [4.78, 5) is 14.8. The third-order valence-electron chi connectivity index (χ3n) is 3.43. The van der Waals surface area contributed by atoms with E-state index in [1.165, 1.54) is 0 Å². The summed E-state index contributed by atoms with van der Waals surface area (Å²) in [5, 5.41) is 19.4. The summed E-state index contributed by atoms with van der Waals surface area (Å²) < 4.78 is 0. The van der Waals surface area contributed by atoms with E-state index in [0.717, 1.165) is 44.8 Å². The van der Waals surface area contributed by atoms with Crippen LogP contribution >= 0.6 is 0 Å². The summed E-state index contributed by atoms with van der Waals surface area (Å²) in [7, 11) is 0. The maximum Gasteiger partial charge on any atom is 0.269 e. The lowest BCUT2D eigenvalue weighted by Crippen LogP contribution is -2.46. The van der Waals surface area contributed by atoms with Crippen molar-refractivity contribution in [3.63, 3.8) is 0 Å². The van der Waals surface area contributed by atoms with Crippen molar-refractivity contribution in [2.45, 2.75) is 6.54 Å². The van der Waals surface area contributed by atoms with Gasteiger partial charge in [0.2, 0.25) is 0 Å². The minimum Gasteiger partial charge on any atom is -0.395 e. The first-order chi connectivity index (χ1) is 9.19. The van der Waals surface area contributed by atoms with Gasteiger partial charge in [0.25, 0.3) is 5.69 Å². The van der Waals surface area contributed by atoms with E-state index in [-0.39, 0.29) is 17.2 Å². The van der Waals surface area contributed by atoms with Crippen LogP contribution in [-0.4, -0.2) is 59.2 Å². The van der Waals surface area contributed by atoms with Gasteiger partial charge in [-0.15, -0.1) is 0 Å². The SMILES string of the molecule is O=[N+]([O-])c1ccc(CN2CCN(CCO)CC2)cc1. The highest BCUT2D eigenvalue weighted by molar-refractivity contribution is 5.32. The molecule has 1 fully saturated rings. The predicted octanol–water partition coefficient (Wildman–Crippen LogP) is 0.705. The largest absolute Gasteiger partial charge is 0.395 e. The fourth-order valence-electron chi connectivity index (χ4n) is 2.29. The Kier molecular flexibility index (Phi) is 4.84. The van der Waals surface area contributed by atoms with Gasteiger partial charge in [-0.3, -0.25) is 19.9 Å². The van der Waals surface area contributed by atoms with E-state index in [2.05, 4.69) is 9.80 Å². The number of benzene rings is 1. The third-order valence-corrected chi connectivity index (χ3v) is 3.43. The van der Waals surface area contributed by atoms with Gasteiger partial charge in [-0.2, -0.15) is 0 Å². The Morgan fingerprint density at radius 2 is 1.68 bits per heavy atom. The van der Waals surface area contributed by atoms with E-state index in [1.54, 1.807) is 12.1 Å². The van der Waals surface area contributed by atoms with E-state index in [1.807, 2.05) is 12.1 Å². The van der Waals surface area contributed by atoms with Crippen molar-refractivity contribution >= 4 is 5.69 Å². The van der Waals surface area contributed by atoms with Gasteiger partial charge >= 0.3 is 0 Å². The average molecular weight is 265 g/mol. The number of rotatable bonds is 5. The van der Waals surface area contributed by atoms with Gasteiger partial charge < -0.3 is 5.11 Å². The molecule has 0 saturated carbocycles. The normalized spacial score (nSPS) is 17.5. The lowest BCUT2D eigenvalue weighted by molar-refractivity contribution is -0.384. The first kappa shape index (κ1) is 13.9. The molecule has 1 aliphatic heterocycles. The van der Waals surface area contributed by atoms with Crippen LogP contribution in [0.4, 0.5) is 5.69 Å². The number of nitrogens with zero attached hydrogens (tertiary/aromatic N) is 3. The number of piperazine rings is 1. The van der Waals surface area contributed by atoms with Crippen molar-refractivity contribution in [3.8, 4) is 0 Å². The predicted molar refractivity (Wildman–Crippen MR) is 71.9 cm³/mol. The Labute approximate surface area is 112 Å². The number of aliphatic hydroxyl groups is 1. The number of hydrogen-bond donors (Lipinski definition) is 1. The molecule has 1 saturated heterocycles. The maximum absolute atomic E-state index is 10.6. The lowest BCUT2D eigenvalue weighted by Gasteiger charge is -2.34. The van der Waals surface area contributed by atoms with Crippen molar-refractivity contribution in [3.05, 3.63) is 39.9 Å². The van der Waals surface area contributed by atoms with Crippen LogP contribution < -0.4 is 0 Å². The van der Waals surface area contributed by atoms with E-state index in [4.69, 9.17) is 5.11 Å². The van der Waals surface area contributed by atoms with Crippen LogP contribution in [0.3, 0.4) is 0 Å². The van der Waals surface area contributed by atoms with Crippen LogP contribution in [0.2, 0.25) is 0 Å². The third kappa shape index (κ3) is 3.99. The van der Waals surface area contributed by atoms with Crippen LogP contribution in [0.5, 0.6) is 0 Å². The highest BCUT2D eigenvalue weighted by atomic mass is 16.6. The van der Waals surface area contributed by atoms with E-state index in [9.17, 15) is 10.1 Å². The standard InChI is InChI=1S/C13H19N3O3/c17-10-9-14-5-7-15(8-6-14)11-12-1-3-13(4-2-12)16(18)19/h1-4,17H,5-11H2. The average Bonchev–Trinajstić information content (AvgIpc) is 2.42. The van der Waals surface area contributed by atoms with Gasteiger partial charge in [0.15, 0.2) is 0 Å². The molecule has 0 bridgehead atoms. The van der Waals surface area contributed by atoms with Crippen molar-refractivity contribution in [1.29, 1.82) is 0 Å². The molecule has 1 aromatic rings.